The number of rotatable bonds is 0. The van der Waals surface area contributed by atoms with Gasteiger partial charge in [0, 0.05) is 17.5 Å². The summed E-state index contributed by atoms with van der Waals surface area (Å²) in [6.45, 7) is 2.15. The number of pyridine rings is 1. The molecule has 0 unspecified atom stereocenters. The fourth-order valence-electron chi connectivity index (χ4n) is 4.64. The normalized spacial score (nSPS) is 12.7. The van der Waals surface area contributed by atoms with Crippen LogP contribution in [0.5, 0.6) is 0 Å². The molecule has 1 aromatic heterocycles. The quantitative estimate of drug-likeness (QED) is 0.293. The summed E-state index contributed by atoms with van der Waals surface area (Å²) in [6.07, 6.45) is 0.980. The van der Waals surface area contributed by atoms with Crippen LogP contribution in [0.25, 0.3) is 43.6 Å². The van der Waals surface area contributed by atoms with Crippen molar-refractivity contribution < 1.29 is 0 Å². The molecule has 0 aliphatic heterocycles. The number of hydrogen-bond donors (Lipinski definition) is 0. The maximum atomic E-state index is 4.96. The molecule has 1 aliphatic rings. The van der Waals surface area contributed by atoms with Crippen LogP contribution >= 0.6 is 0 Å². The second-order valence-electron chi connectivity index (χ2n) is 7.23. The number of hydrogen-bond acceptors (Lipinski definition) is 1. The second kappa shape index (κ2) is 4.92. The van der Waals surface area contributed by atoms with Crippen molar-refractivity contribution in [2.45, 2.75) is 13.3 Å². The fourth-order valence-corrected chi connectivity index (χ4v) is 4.64. The van der Waals surface area contributed by atoms with Crippen molar-refractivity contribution in [3.63, 3.8) is 0 Å². The third kappa shape index (κ3) is 1.72. The third-order valence-corrected chi connectivity index (χ3v) is 5.82. The van der Waals surface area contributed by atoms with E-state index in [1.807, 2.05) is 0 Å². The average molecular weight is 331 g/mol. The Morgan fingerprint density at radius 2 is 1.38 bits per heavy atom. The highest BCUT2D eigenvalue weighted by Gasteiger charge is 2.26. The Bertz CT molecular complexity index is 1360. The summed E-state index contributed by atoms with van der Waals surface area (Å²) in [5.41, 5.74) is 7.87. The van der Waals surface area contributed by atoms with Crippen LogP contribution in [-0.4, -0.2) is 4.98 Å². The van der Waals surface area contributed by atoms with Gasteiger partial charge in [-0.15, -0.1) is 0 Å². The van der Waals surface area contributed by atoms with Crippen LogP contribution in [0.4, 0.5) is 0 Å². The molecule has 122 valence electrons. The molecule has 0 bridgehead atoms. The third-order valence-electron chi connectivity index (χ3n) is 5.82. The summed E-state index contributed by atoms with van der Waals surface area (Å²) in [5.74, 6) is 0. The van der Waals surface area contributed by atoms with Gasteiger partial charge >= 0.3 is 0 Å². The second-order valence-corrected chi connectivity index (χ2v) is 7.23. The molecule has 5 aromatic rings. The molecule has 0 radical (unpaired) electrons. The van der Waals surface area contributed by atoms with Crippen LogP contribution < -0.4 is 0 Å². The fraction of sp³-hybridized carbons (Fsp3) is 0.0800. The lowest BCUT2D eigenvalue weighted by Crippen LogP contribution is -1.94. The van der Waals surface area contributed by atoms with Crippen molar-refractivity contribution in [3.05, 3.63) is 89.6 Å². The van der Waals surface area contributed by atoms with Crippen molar-refractivity contribution in [2.24, 2.45) is 0 Å². The number of aryl methyl sites for hydroxylation is 1. The van der Waals surface area contributed by atoms with E-state index in [2.05, 4.69) is 79.7 Å². The zero-order chi connectivity index (χ0) is 17.3. The topological polar surface area (TPSA) is 12.9 Å². The van der Waals surface area contributed by atoms with Gasteiger partial charge in [-0.2, -0.15) is 0 Å². The number of benzene rings is 4. The molecule has 0 atom stereocenters. The Labute approximate surface area is 151 Å². The summed E-state index contributed by atoms with van der Waals surface area (Å²) < 4.78 is 0. The predicted molar refractivity (Wildman–Crippen MR) is 110 cm³/mol. The summed E-state index contributed by atoms with van der Waals surface area (Å²) in [7, 11) is 0. The minimum Gasteiger partial charge on any atom is -0.253 e. The molecule has 0 saturated carbocycles. The first kappa shape index (κ1) is 14.0. The molecular weight excluding hydrogens is 314 g/mol. The van der Waals surface area contributed by atoms with E-state index in [0.29, 0.717) is 0 Å². The minimum absolute atomic E-state index is 0.980. The monoisotopic (exact) mass is 331 g/mol. The Morgan fingerprint density at radius 1 is 0.692 bits per heavy atom. The van der Waals surface area contributed by atoms with E-state index < -0.39 is 0 Å². The van der Waals surface area contributed by atoms with E-state index in [1.165, 1.54) is 49.2 Å². The number of fused-ring (bicyclic) bond motifs is 9. The molecule has 4 aromatic carbocycles. The Balaban J connectivity index is 1.90. The molecular formula is C25H17N. The van der Waals surface area contributed by atoms with Gasteiger partial charge in [0.2, 0.25) is 0 Å². The van der Waals surface area contributed by atoms with Gasteiger partial charge in [-0.1, -0.05) is 66.7 Å². The molecule has 0 N–H and O–H groups in total. The summed E-state index contributed by atoms with van der Waals surface area (Å²) in [4.78, 5) is 4.96. The van der Waals surface area contributed by atoms with Crippen molar-refractivity contribution in [1.82, 2.24) is 4.98 Å². The van der Waals surface area contributed by atoms with Gasteiger partial charge in [0.15, 0.2) is 0 Å². The van der Waals surface area contributed by atoms with Gasteiger partial charge in [-0.05, 0) is 56.8 Å². The van der Waals surface area contributed by atoms with Crippen LogP contribution in [-0.2, 0) is 6.42 Å². The van der Waals surface area contributed by atoms with Crippen LogP contribution in [0.1, 0.15) is 16.8 Å². The minimum atomic E-state index is 0.980. The molecule has 26 heavy (non-hydrogen) atoms. The first-order chi connectivity index (χ1) is 12.8. The van der Waals surface area contributed by atoms with E-state index >= 15 is 0 Å². The van der Waals surface area contributed by atoms with Crippen LogP contribution in [0.15, 0.2) is 72.8 Å². The van der Waals surface area contributed by atoms with Crippen LogP contribution in [0.3, 0.4) is 0 Å². The van der Waals surface area contributed by atoms with E-state index in [0.717, 1.165) is 17.6 Å². The zero-order valence-corrected chi connectivity index (χ0v) is 14.6. The van der Waals surface area contributed by atoms with Gasteiger partial charge in [0.05, 0.1) is 5.52 Å². The summed E-state index contributed by atoms with van der Waals surface area (Å²) >= 11 is 0. The van der Waals surface area contributed by atoms with Crippen molar-refractivity contribution in [1.29, 1.82) is 0 Å². The maximum Gasteiger partial charge on any atom is 0.0718 e. The first-order valence-corrected chi connectivity index (χ1v) is 9.13. The average Bonchev–Trinajstić information content (AvgIpc) is 3.08. The summed E-state index contributed by atoms with van der Waals surface area (Å²) in [6, 6.07) is 26.3. The molecule has 0 amide bonds. The molecule has 0 spiro atoms. The lowest BCUT2D eigenvalue weighted by atomic mass is 9.92. The predicted octanol–water partition coefficient (Wildman–Crippen LogP) is 6.42. The van der Waals surface area contributed by atoms with E-state index in [1.54, 1.807) is 0 Å². The molecule has 6 rings (SSSR count). The molecule has 0 fully saturated rings. The highest BCUT2D eigenvalue weighted by atomic mass is 14.7. The molecule has 1 heteroatoms. The van der Waals surface area contributed by atoms with Crippen molar-refractivity contribution in [2.75, 3.05) is 0 Å². The van der Waals surface area contributed by atoms with Gasteiger partial charge < -0.3 is 0 Å². The van der Waals surface area contributed by atoms with E-state index in [-0.39, 0.29) is 0 Å². The largest absolute Gasteiger partial charge is 0.253 e. The van der Waals surface area contributed by atoms with Crippen molar-refractivity contribution in [3.8, 4) is 11.1 Å². The molecule has 1 aliphatic carbocycles. The number of aromatic nitrogens is 1. The molecule has 0 saturated heterocycles. The van der Waals surface area contributed by atoms with Crippen LogP contribution in [0.2, 0.25) is 0 Å². The van der Waals surface area contributed by atoms with E-state index in [9.17, 15) is 0 Å². The zero-order valence-electron chi connectivity index (χ0n) is 14.6. The Hall–Kier alpha value is -3.19. The molecule has 1 nitrogen and oxygen atoms in total. The standard InChI is InChI=1S/C25H17N/c1-15-21-14-18-11-10-16-6-2-4-8-19(16)23(18)25(21)24-20-9-5-3-7-17(20)12-13-22(24)26-15/h2-13H,14H2,1H3. The smallest absolute Gasteiger partial charge is 0.0718 e. The summed E-state index contributed by atoms with van der Waals surface area (Å²) in [5, 5.41) is 6.54. The first-order valence-electron chi connectivity index (χ1n) is 9.13. The Kier molecular flexibility index (Phi) is 2.66. The molecule has 1 heterocycles. The van der Waals surface area contributed by atoms with Gasteiger partial charge in [0.25, 0.3) is 0 Å². The highest BCUT2D eigenvalue weighted by Crippen LogP contribution is 2.47. The van der Waals surface area contributed by atoms with Crippen LogP contribution in [0, 0.1) is 6.92 Å². The number of nitrogens with zero attached hydrogens (tertiary/aromatic N) is 1. The highest BCUT2D eigenvalue weighted by molar-refractivity contribution is 6.18. The van der Waals surface area contributed by atoms with E-state index in [4.69, 9.17) is 4.98 Å². The van der Waals surface area contributed by atoms with Crippen molar-refractivity contribution >= 4 is 32.4 Å². The maximum absolute atomic E-state index is 4.96. The lowest BCUT2D eigenvalue weighted by Gasteiger charge is -2.13. The van der Waals surface area contributed by atoms with Gasteiger partial charge in [-0.3, -0.25) is 4.98 Å². The van der Waals surface area contributed by atoms with Gasteiger partial charge in [0.1, 0.15) is 0 Å². The Morgan fingerprint density at radius 3 is 2.23 bits per heavy atom. The van der Waals surface area contributed by atoms with Gasteiger partial charge in [-0.25, -0.2) is 0 Å². The lowest BCUT2D eigenvalue weighted by molar-refractivity contribution is 1.14. The SMILES string of the molecule is Cc1nc2ccc3ccccc3c2c2c1Cc1ccc3ccccc3c1-2.